The highest BCUT2D eigenvalue weighted by atomic mass is 16.5. The zero-order valence-corrected chi connectivity index (χ0v) is 21.6. The van der Waals surface area contributed by atoms with Crippen LogP contribution in [0.2, 0.25) is 0 Å². The molecule has 0 heterocycles. The lowest BCUT2D eigenvalue weighted by molar-refractivity contribution is -0.131. The molecule has 0 fully saturated rings. The van der Waals surface area contributed by atoms with E-state index >= 15 is 0 Å². The molecule has 4 atom stereocenters. The molecule has 5 heteroatoms. The molecule has 0 aromatic rings. The van der Waals surface area contributed by atoms with Gasteiger partial charge in [-0.1, -0.05) is 74.7 Å². The number of hydrogen-bond acceptors (Lipinski definition) is 4. The molecule has 0 saturated carbocycles. The van der Waals surface area contributed by atoms with E-state index in [2.05, 4.69) is 31.1 Å². The van der Waals surface area contributed by atoms with E-state index in [-0.39, 0.29) is 25.0 Å². The van der Waals surface area contributed by atoms with Crippen molar-refractivity contribution in [1.29, 1.82) is 0 Å². The maximum Gasteiger partial charge on any atom is 0.243 e. The summed E-state index contributed by atoms with van der Waals surface area (Å²) in [4.78, 5) is 25.9. The van der Waals surface area contributed by atoms with Gasteiger partial charge in [-0.3, -0.25) is 9.59 Å². The average Bonchev–Trinajstić information content (AvgIpc) is 2.63. The first kappa shape index (κ1) is 30.7. The summed E-state index contributed by atoms with van der Waals surface area (Å²) in [6.45, 7) is 25.9. The second-order valence-corrected chi connectivity index (χ2v) is 9.44. The van der Waals surface area contributed by atoms with Crippen molar-refractivity contribution in [3.8, 4) is 0 Å². The number of ether oxygens (including phenoxy) is 1. The SMILES string of the molecule is C=C(NC(C(=O)NC(C(=O)CC(C)CCC)C(C)C)C(C)CC)OC(C)(C)C.CC.[HH]. The van der Waals surface area contributed by atoms with E-state index < -0.39 is 17.7 Å². The first-order valence-electron chi connectivity index (χ1n) is 11.8. The number of Topliss-reactive ketones (excluding diaryl/α,β-unsaturated/α-hetero) is 1. The zero-order chi connectivity index (χ0) is 24.1. The van der Waals surface area contributed by atoms with E-state index in [0.29, 0.717) is 18.2 Å². The molecule has 0 aliphatic carbocycles. The Morgan fingerprint density at radius 3 is 1.93 bits per heavy atom. The molecule has 30 heavy (non-hydrogen) atoms. The van der Waals surface area contributed by atoms with Crippen LogP contribution in [0.15, 0.2) is 12.5 Å². The quantitative estimate of drug-likeness (QED) is 0.349. The lowest BCUT2D eigenvalue weighted by atomic mass is 9.90. The zero-order valence-electron chi connectivity index (χ0n) is 21.6. The molecule has 1 amide bonds. The van der Waals surface area contributed by atoms with Gasteiger partial charge in [0.1, 0.15) is 11.6 Å². The Kier molecular flexibility index (Phi) is 15.6. The number of amides is 1. The second kappa shape index (κ2) is 15.3. The molecule has 0 aliphatic rings. The van der Waals surface area contributed by atoms with E-state index in [0.717, 1.165) is 19.3 Å². The van der Waals surface area contributed by atoms with Crippen molar-refractivity contribution in [3.05, 3.63) is 12.5 Å². The third-order valence-electron chi connectivity index (χ3n) is 4.88. The monoisotopic (exact) mass is 428 g/mol. The normalized spacial score (nSPS) is 15.2. The second-order valence-electron chi connectivity index (χ2n) is 9.44. The Morgan fingerprint density at radius 2 is 1.53 bits per heavy atom. The van der Waals surface area contributed by atoms with Crippen molar-refractivity contribution >= 4 is 11.7 Å². The fraction of sp³-hybridized carbons (Fsp3) is 0.840. The van der Waals surface area contributed by atoms with E-state index in [1.54, 1.807) is 0 Å². The molecule has 0 aromatic carbocycles. The minimum Gasteiger partial charge on any atom is -0.474 e. The molecular formula is C25H52N2O3. The topological polar surface area (TPSA) is 67.4 Å². The summed E-state index contributed by atoms with van der Waals surface area (Å²) in [7, 11) is 0. The Bertz CT molecular complexity index is 515. The van der Waals surface area contributed by atoms with Gasteiger partial charge >= 0.3 is 0 Å². The van der Waals surface area contributed by atoms with Crippen LogP contribution in [0, 0.1) is 17.8 Å². The van der Waals surface area contributed by atoms with E-state index in [4.69, 9.17) is 4.74 Å². The molecular weight excluding hydrogens is 376 g/mol. The van der Waals surface area contributed by atoms with Gasteiger partial charge < -0.3 is 15.4 Å². The van der Waals surface area contributed by atoms with E-state index in [1.807, 2.05) is 62.3 Å². The summed E-state index contributed by atoms with van der Waals surface area (Å²) in [5.74, 6) is 0.746. The molecule has 5 nitrogen and oxygen atoms in total. The lowest BCUT2D eigenvalue weighted by Crippen LogP contribution is -2.54. The number of ketones is 1. The molecule has 0 radical (unpaired) electrons. The highest BCUT2D eigenvalue weighted by Crippen LogP contribution is 2.17. The number of hydrogen-bond donors (Lipinski definition) is 2. The van der Waals surface area contributed by atoms with Crippen LogP contribution >= 0.6 is 0 Å². The summed E-state index contributed by atoms with van der Waals surface area (Å²) in [5, 5.41) is 6.13. The number of rotatable bonds is 13. The molecule has 0 bridgehead atoms. The molecule has 0 spiro atoms. The van der Waals surface area contributed by atoms with Crippen LogP contribution in [0.3, 0.4) is 0 Å². The van der Waals surface area contributed by atoms with Crippen molar-refractivity contribution in [3.63, 3.8) is 0 Å². The summed E-state index contributed by atoms with van der Waals surface area (Å²) in [6.07, 6.45) is 3.40. The standard InChI is InChI=1S/C23H44N2O3.C2H6.H2/c1-11-13-16(5)14-19(26)20(15(3)4)25-22(27)21(17(6)12-2)24-18(7)28-23(8,9)10;1-2;/h15-17,20-21,24H,7,11-14H2,1-6,8-10H3,(H,25,27);1-2H3;1H. The van der Waals surface area contributed by atoms with Crippen LogP contribution in [0.1, 0.15) is 103 Å². The van der Waals surface area contributed by atoms with Crippen molar-refractivity contribution in [2.45, 2.75) is 120 Å². The van der Waals surface area contributed by atoms with Gasteiger partial charge in [0.05, 0.1) is 6.04 Å². The van der Waals surface area contributed by atoms with E-state index in [1.165, 1.54) is 0 Å². The molecule has 0 aliphatic heterocycles. The highest BCUT2D eigenvalue weighted by Gasteiger charge is 2.31. The fourth-order valence-corrected chi connectivity index (χ4v) is 3.20. The molecule has 2 N–H and O–H groups in total. The van der Waals surface area contributed by atoms with Gasteiger partial charge in [0.15, 0.2) is 11.7 Å². The molecule has 0 saturated heterocycles. The molecule has 0 rings (SSSR count). The van der Waals surface area contributed by atoms with Gasteiger partial charge in [-0.25, -0.2) is 0 Å². The first-order chi connectivity index (χ1) is 13.8. The average molecular weight is 429 g/mol. The van der Waals surface area contributed by atoms with Gasteiger partial charge in [-0.05, 0) is 45.1 Å². The minimum absolute atomic E-state index is 0. The van der Waals surface area contributed by atoms with Crippen LogP contribution in [0.4, 0.5) is 0 Å². The van der Waals surface area contributed by atoms with Crippen LogP contribution in [-0.4, -0.2) is 29.4 Å². The Balaban J connectivity index is -0.00000253. The highest BCUT2D eigenvalue weighted by molar-refractivity contribution is 5.91. The molecule has 0 aromatic heterocycles. The van der Waals surface area contributed by atoms with Crippen molar-refractivity contribution < 1.29 is 15.8 Å². The molecule has 4 unspecified atom stereocenters. The first-order valence-corrected chi connectivity index (χ1v) is 11.8. The molecule has 180 valence electrons. The largest absolute Gasteiger partial charge is 0.474 e. The predicted octanol–water partition coefficient (Wildman–Crippen LogP) is 6.09. The summed E-state index contributed by atoms with van der Waals surface area (Å²) in [5.41, 5.74) is -0.396. The maximum absolute atomic E-state index is 13.1. The Morgan fingerprint density at radius 1 is 1.00 bits per heavy atom. The number of nitrogens with one attached hydrogen (secondary N) is 2. The predicted molar refractivity (Wildman–Crippen MR) is 130 cm³/mol. The summed E-state index contributed by atoms with van der Waals surface area (Å²) in [6, 6.07) is -0.973. The fourth-order valence-electron chi connectivity index (χ4n) is 3.20. The van der Waals surface area contributed by atoms with Crippen LogP contribution < -0.4 is 10.6 Å². The van der Waals surface area contributed by atoms with E-state index in [9.17, 15) is 9.59 Å². The van der Waals surface area contributed by atoms with Gasteiger partial charge in [-0.2, -0.15) is 0 Å². The van der Waals surface area contributed by atoms with Crippen LogP contribution in [0.25, 0.3) is 0 Å². The van der Waals surface area contributed by atoms with Gasteiger partial charge in [0, 0.05) is 7.85 Å². The van der Waals surface area contributed by atoms with Crippen molar-refractivity contribution in [2.75, 3.05) is 0 Å². The van der Waals surface area contributed by atoms with Gasteiger partial charge in [0.2, 0.25) is 5.91 Å². The van der Waals surface area contributed by atoms with Crippen LogP contribution in [0.5, 0.6) is 0 Å². The Hall–Kier alpha value is -1.52. The van der Waals surface area contributed by atoms with Gasteiger partial charge in [-0.15, -0.1) is 0 Å². The number of carbonyl (C=O) groups excluding carboxylic acids is 2. The smallest absolute Gasteiger partial charge is 0.243 e. The maximum atomic E-state index is 13.1. The Labute approximate surface area is 188 Å². The van der Waals surface area contributed by atoms with Gasteiger partial charge in [0.25, 0.3) is 0 Å². The third kappa shape index (κ3) is 12.9. The summed E-state index contributed by atoms with van der Waals surface area (Å²) >= 11 is 0. The van der Waals surface area contributed by atoms with Crippen molar-refractivity contribution in [1.82, 2.24) is 10.6 Å². The van der Waals surface area contributed by atoms with Crippen LogP contribution in [-0.2, 0) is 14.3 Å². The minimum atomic E-state index is -0.498. The number of carbonyl (C=O) groups is 2. The third-order valence-corrected chi connectivity index (χ3v) is 4.88. The van der Waals surface area contributed by atoms with Crippen molar-refractivity contribution in [2.24, 2.45) is 17.8 Å². The lowest BCUT2D eigenvalue weighted by Gasteiger charge is -2.31. The summed E-state index contributed by atoms with van der Waals surface area (Å²) < 4.78 is 5.74.